The van der Waals surface area contributed by atoms with Gasteiger partial charge in [-0.2, -0.15) is 5.10 Å². The minimum atomic E-state index is -0.236. The first-order valence-corrected chi connectivity index (χ1v) is 9.78. The monoisotopic (exact) mass is 404 g/mol. The number of aryl methyl sites for hydroxylation is 1. The molecule has 154 valence electrons. The molecule has 0 atom stereocenters. The lowest BCUT2D eigenvalue weighted by Gasteiger charge is -2.10. The molecule has 7 heteroatoms. The van der Waals surface area contributed by atoms with Crippen molar-refractivity contribution in [2.45, 2.75) is 12.8 Å². The Morgan fingerprint density at radius 2 is 1.93 bits per heavy atom. The molecule has 2 amide bonds. The standard InChI is InChI=1S/C23H24N4O3/c1-27-15-21(14-25-27)30-19-9-6-18(7-10-19)26-23(28)24-12-11-17-4-3-16-5-8-20(29-2)13-22(16)17/h4-10,13-15H,3,11-12H2,1-2H3,(H2,24,26,28). The van der Waals surface area contributed by atoms with Gasteiger partial charge in [0.05, 0.1) is 19.5 Å². The van der Waals surface area contributed by atoms with Gasteiger partial charge in [-0.25, -0.2) is 4.79 Å². The molecule has 2 aromatic carbocycles. The van der Waals surface area contributed by atoms with Crippen LogP contribution in [-0.2, 0) is 13.5 Å². The molecule has 30 heavy (non-hydrogen) atoms. The molecule has 1 aliphatic carbocycles. The predicted octanol–water partition coefficient (Wildman–Crippen LogP) is 4.37. The van der Waals surface area contributed by atoms with Crippen molar-refractivity contribution in [3.63, 3.8) is 0 Å². The second-order valence-corrected chi connectivity index (χ2v) is 7.06. The lowest BCUT2D eigenvalue weighted by atomic mass is 10.0. The molecule has 7 nitrogen and oxygen atoms in total. The van der Waals surface area contributed by atoms with Crippen LogP contribution < -0.4 is 20.1 Å². The second kappa shape index (κ2) is 8.73. The molecular weight excluding hydrogens is 380 g/mol. The molecule has 0 bridgehead atoms. The molecule has 0 unspecified atom stereocenters. The third-order valence-electron chi connectivity index (χ3n) is 4.94. The van der Waals surface area contributed by atoms with Crippen molar-refractivity contribution in [3.05, 3.63) is 72.1 Å². The number of urea groups is 1. The fourth-order valence-corrected chi connectivity index (χ4v) is 3.42. The van der Waals surface area contributed by atoms with Crippen LogP contribution in [0, 0.1) is 0 Å². The number of amides is 2. The average molecular weight is 404 g/mol. The SMILES string of the molecule is COc1ccc2c(c1)C(CCNC(=O)Nc1ccc(Oc3cnn(C)c3)cc1)=CC2. The maximum atomic E-state index is 12.2. The Balaban J connectivity index is 1.25. The molecule has 1 aromatic heterocycles. The number of allylic oxidation sites excluding steroid dienone is 1. The molecule has 0 aliphatic heterocycles. The maximum Gasteiger partial charge on any atom is 0.319 e. The highest BCUT2D eigenvalue weighted by molar-refractivity contribution is 5.89. The zero-order valence-electron chi connectivity index (χ0n) is 17.0. The summed E-state index contributed by atoms with van der Waals surface area (Å²) in [5, 5.41) is 9.81. The summed E-state index contributed by atoms with van der Waals surface area (Å²) >= 11 is 0. The Labute approximate surface area is 175 Å². The molecule has 0 spiro atoms. The number of fused-ring (bicyclic) bond motifs is 1. The molecule has 0 saturated heterocycles. The summed E-state index contributed by atoms with van der Waals surface area (Å²) in [6.45, 7) is 0.552. The van der Waals surface area contributed by atoms with Gasteiger partial charge in [0, 0.05) is 19.3 Å². The van der Waals surface area contributed by atoms with Gasteiger partial charge in [0.1, 0.15) is 11.5 Å². The quantitative estimate of drug-likeness (QED) is 0.613. The number of nitrogens with one attached hydrogen (secondary N) is 2. The number of aromatic nitrogens is 2. The van der Waals surface area contributed by atoms with Crippen LogP contribution in [0.3, 0.4) is 0 Å². The van der Waals surface area contributed by atoms with Gasteiger partial charge >= 0.3 is 6.03 Å². The van der Waals surface area contributed by atoms with Crippen molar-refractivity contribution in [1.82, 2.24) is 15.1 Å². The van der Waals surface area contributed by atoms with Crippen molar-refractivity contribution >= 4 is 17.3 Å². The zero-order valence-corrected chi connectivity index (χ0v) is 17.0. The highest BCUT2D eigenvalue weighted by Crippen LogP contribution is 2.32. The van der Waals surface area contributed by atoms with Gasteiger partial charge in [-0.3, -0.25) is 4.68 Å². The number of carbonyl (C=O) groups is 1. The van der Waals surface area contributed by atoms with Gasteiger partial charge in [0.15, 0.2) is 5.75 Å². The maximum absolute atomic E-state index is 12.2. The van der Waals surface area contributed by atoms with E-state index in [0.717, 1.165) is 18.6 Å². The Bertz CT molecular complexity index is 1070. The van der Waals surface area contributed by atoms with Gasteiger partial charge in [-0.1, -0.05) is 12.1 Å². The molecule has 4 rings (SSSR count). The fraction of sp³-hybridized carbons (Fsp3) is 0.217. The molecule has 2 N–H and O–H groups in total. The smallest absolute Gasteiger partial charge is 0.319 e. The van der Waals surface area contributed by atoms with Crippen LogP contribution in [0.25, 0.3) is 5.57 Å². The lowest BCUT2D eigenvalue weighted by molar-refractivity contribution is 0.252. The van der Waals surface area contributed by atoms with E-state index in [1.54, 1.807) is 48.5 Å². The molecule has 0 fully saturated rings. The summed E-state index contributed by atoms with van der Waals surface area (Å²) in [4.78, 5) is 12.2. The molecule has 1 heterocycles. The minimum absolute atomic E-state index is 0.236. The van der Waals surface area contributed by atoms with Crippen LogP contribution in [0.2, 0.25) is 0 Å². The Hall–Kier alpha value is -3.74. The van der Waals surface area contributed by atoms with Crippen molar-refractivity contribution in [2.24, 2.45) is 7.05 Å². The van der Waals surface area contributed by atoms with Gasteiger partial charge < -0.3 is 20.1 Å². The third kappa shape index (κ3) is 4.63. The zero-order chi connectivity index (χ0) is 20.9. The number of hydrogen-bond donors (Lipinski definition) is 2. The van der Waals surface area contributed by atoms with Crippen LogP contribution in [-0.4, -0.2) is 29.5 Å². The number of ether oxygens (including phenoxy) is 2. The van der Waals surface area contributed by atoms with E-state index in [4.69, 9.17) is 9.47 Å². The summed E-state index contributed by atoms with van der Waals surface area (Å²) in [7, 11) is 3.50. The number of benzene rings is 2. The molecule has 0 saturated carbocycles. The summed E-state index contributed by atoms with van der Waals surface area (Å²) in [6.07, 6.45) is 7.34. The fourth-order valence-electron chi connectivity index (χ4n) is 3.42. The van der Waals surface area contributed by atoms with E-state index in [1.165, 1.54) is 16.7 Å². The second-order valence-electron chi connectivity index (χ2n) is 7.06. The first kappa shape index (κ1) is 19.6. The van der Waals surface area contributed by atoms with E-state index in [2.05, 4.69) is 33.9 Å². The van der Waals surface area contributed by atoms with Crippen molar-refractivity contribution in [2.75, 3.05) is 19.0 Å². The molecular formula is C23H24N4O3. The number of carbonyl (C=O) groups excluding carboxylic acids is 1. The van der Waals surface area contributed by atoms with Crippen LogP contribution in [0.4, 0.5) is 10.5 Å². The van der Waals surface area contributed by atoms with Crippen LogP contribution in [0.5, 0.6) is 17.2 Å². The van der Waals surface area contributed by atoms with E-state index in [9.17, 15) is 4.79 Å². The topological polar surface area (TPSA) is 77.4 Å². The van der Waals surface area contributed by atoms with E-state index < -0.39 is 0 Å². The molecule has 3 aromatic rings. The van der Waals surface area contributed by atoms with Crippen molar-refractivity contribution < 1.29 is 14.3 Å². The average Bonchev–Trinajstić information content (AvgIpc) is 3.35. The van der Waals surface area contributed by atoms with Crippen LogP contribution in [0.1, 0.15) is 17.5 Å². The van der Waals surface area contributed by atoms with Gasteiger partial charge in [-0.05, 0) is 65.9 Å². The van der Waals surface area contributed by atoms with E-state index >= 15 is 0 Å². The van der Waals surface area contributed by atoms with Crippen LogP contribution in [0.15, 0.2) is 60.9 Å². The van der Waals surface area contributed by atoms with E-state index in [1.807, 2.05) is 13.1 Å². The number of rotatable bonds is 7. The number of nitrogens with zero attached hydrogens (tertiary/aromatic N) is 2. The third-order valence-corrected chi connectivity index (χ3v) is 4.94. The van der Waals surface area contributed by atoms with Crippen molar-refractivity contribution in [3.8, 4) is 17.2 Å². The molecule has 0 radical (unpaired) electrons. The van der Waals surface area contributed by atoms with Gasteiger partial charge in [0.2, 0.25) is 0 Å². The normalized spacial score (nSPS) is 12.1. The Morgan fingerprint density at radius 3 is 2.67 bits per heavy atom. The highest BCUT2D eigenvalue weighted by Gasteiger charge is 2.15. The Kier molecular flexibility index (Phi) is 5.70. The number of methoxy groups -OCH3 is 1. The molecule has 1 aliphatic rings. The lowest BCUT2D eigenvalue weighted by Crippen LogP contribution is -2.29. The van der Waals surface area contributed by atoms with E-state index in [0.29, 0.717) is 23.7 Å². The van der Waals surface area contributed by atoms with Gasteiger partial charge in [0.25, 0.3) is 0 Å². The Morgan fingerprint density at radius 1 is 1.13 bits per heavy atom. The summed E-state index contributed by atoms with van der Waals surface area (Å²) < 4.78 is 12.7. The number of anilines is 1. The van der Waals surface area contributed by atoms with Gasteiger partial charge in [-0.15, -0.1) is 0 Å². The van der Waals surface area contributed by atoms with Crippen molar-refractivity contribution in [1.29, 1.82) is 0 Å². The number of hydrogen-bond acceptors (Lipinski definition) is 4. The van der Waals surface area contributed by atoms with E-state index in [-0.39, 0.29) is 6.03 Å². The first-order valence-electron chi connectivity index (χ1n) is 9.78. The minimum Gasteiger partial charge on any atom is -0.497 e. The largest absolute Gasteiger partial charge is 0.497 e. The highest BCUT2D eigenvalue weighted by atomic mass is 16.5. The summed E-state index contributed by atoms with van der Waals surface area (Å²) in [6, 6.07) is 13.1. The predicted molar refractivity (Wildman–Crippen MR) is 116 cm³/mol. The summed E-state index contributed by atoms with van der Waals surface area (Å²) in [5.74, 6) is 2.19. The summed E-state index contributed by atoms with van der Waals surface area (Å²) in [5.41, 5.74) is 4.44. The first-order chi connectivity index (χ1) is 14.6. The van der Waals surface area contributed by atoms with Crippen LogP contribution >= 0.6 is 0 Å².